The lowest BCUT2D eigenvalue weighted by molar-refractivity contribution is 0.624. The fourth-order valence-corrected chi connectivity index (χ4v) is 1.99. The summed E-state index contributed by atoms with van der Waals surface area (Å²) in [7, 11) is -1.48. The summed E-state index contributed by atoms with van der Waals surface area (Å²) >= 11 is 0. The van der Waals surface area contributed by atoms with Crippen LogP contribution in [0.25, 0.3) is 0 Å². The summed E-state index contributed by atoms with van der Waals surface area (Å²) in [5.74, 6) is 8.64. The maximum absolute atomic E-state index is 13.9. The molecule has 0 atom stereocenters. The van der Waals surface area contributed by atoms with Crippen molar-refractivity contribution in [2.45, 2.75) is 39.9 Å². The van der Waals surface area contributed by atoms with E-state index in [1.165, 1.54) is 6.07 Å². The first-order chi connectivity index (χ1) is 9.31. The molecule has 0 bridgehead atoms. The van der Waals surface area contributed by atoms with Crippen LogP contribution in [-0.2, 0) is 0 Å². The molecule has 0 saturated heterocycles. The van der Waals surface area contributed by atoms with Crippen molar-refractivity contribution < 1.29 is 4.39 Å². The number of hydrogen-bond donors (Lipinski definition) is 0. The zero-order chi connectivity index (χ0) is 15.2. The molecule has 0 heterocycles. The molecule has 0 aromatic heterocycles. The minimum atomic E-state index is -1.48. The number of hydrogen-bond acceptors (Lipinski definition) is 0. The second-order valence-electron chi connectivity index (χ2n) is 5.74. The average Bonchev–Trinajstić information content (AvgIpc) is 2.34. The fraction of sp³-hybridized carbons (Fsp3) is 0.333. The van der Waals surface area contributed by atoms with Crippen LogP contribution in [0.2, 0.25) is 19.6 Å². The minimum absolute atomic E-state index is 0.292. The highest BCUT2D eigenvalue weighted by Gasteiger charge is 2.08. The molecule has 104 valence electrons. The predicted octanol–water partition coefficient (Wildman–Crippen LogP) is 4.76. The van der Waals surface area contributed by atoms with Crippen molar-refractivity contribution in [2.75, 3.05) is 0 Å². The van der Waals surface area contributed by atoms with Gasteiger partial charge in [-0.3, -0.25) is 0 Å². The van der Waals surface area contributed by atoms with Crippen molar-refractivity contribution in [1.82, 2.24) is 0 Å². The molecule has 0 spiro atoms. The Bertz CT molecular complexity index is 625. The summed E-state index contributed by atoms with van der Waals surface area (Å²) in [6.07, 6.45) is 3.01. The van der Waals surface area contributed by atoms with Gasteiger partial charge in [0.05, 0.1) is 5.56 Å². The largest absolute Gasteiger partial charge is 0.206 e. The standard InChI is InChI=1S/C18H21FSi/c1-6-7-15(2)8-9-16-10-11-17(18(19)14-16)12-13-20(3,4)5/h7,10-11,14H,6H2,1-5H3/b15-7+. The highest BCUT2D eigenvalue weighted by Crippen LogP contribution is 2.10. The monoisotopic (exact) mass is 284 g/mol. The molecule has 2 heteroatoms. The second-order valence-corrected chi connectivity index (χ2v) is 10.5. The molecule has 0 nitrogen and oxygen atoms in total. The average molecular weight is 284 g/mol. The molecule has 0 fully saturated rings. The van der Waals surface area contributed by atoms with E-state index >= 15 is 0 Å². The van der Waals surface area contributed by atoms with Gasteiger partial charge in [-0.1, -0.05) is 50.4 Å². The van der Waals surface area contributed by atoms with Gasteiger partial charge in [0.2, 0.25) is 0 Å². The quantitative estimate of drug-likeness (QED) is 0.515. The Morgan fingerprint density at radius 2 is 1.95 bits per heavy atom. The highest BCUT2D eigenvalue weighted by molar-refractivity contribution is 6.83. The molecule has 0 saturated carbocycles. The normalized spacial score (nSPS) is 11.2. The van der Waals surface area contributed by atoms with Crippen LogP contribution in [-0.4, -0.2) is 8.07 Å². The predicted molar refractivity (Wildman–Crippen MR) is 87.6 cm³/mol. The molecule has 1 aromatic carbocycles. The van der Waals surface area contributed by atoms with Gasteiger partial charge in [-0.25, -0.2) is 4.39 Å². The van der Waals surface area contributed by atoms with E-state index in [0.29, 0.717) is 11.1 Å². The SMILES string of the molecule is CC/C=C(\C)C#Cc1ccc(C#C[Si](C)(C)C)c(F)c1. The third-order valence-corrected chi connectivity index (χ3v) is 3.33. The lowest BCUT2D eigenvalue weighted by Gasteiger charge is -2.03. The van der Waals surface area contributed by atoms with Crippen molar-refractivity contribution in [3.8, 4) is 23.3 Å². The first-order valence-electron chi connectivity index (χ1n) is 6.83. The summed E-state index contributed by atoms with van der Waals surface area (Å²) in [5.41, 5.74) is 5.32. The molecule has 0 unspecified atom stereocenters. The summed E-state index contributed by atoms with van der Waals surface area (Å²) in [6.45, 7) is 10.4. The highest BCUT2D eigenvalue weighted by atomic mass is 28.3. The van der Waals surface area contributed by atoms with Crippen molar-refractivity contribution in [3.63, 3.8) is 0 Å². The van der Waals surface area contributed by atoms with Gasteiger partial charge in [-0.2, -0.15) is 0 Å². The van der Waals surface area contributed by atoms with Crippen LogP contribution in [0.1, 0.15) is 31.4 Å². The van der Waals surface area contributed by atoms with E-state index in [2.05, 4.69) is 55.9 Å². The van der Waals surface area contributed by atoms with E-state index < -0.39 is 8.07 Å². The summed E-state index contributed by atoms with van der Waals surface area (Å²) in [6, 6.07) is 5.00. The molecule has 0 aliphatic carbocycles. The Kier molecular flexibility index (Phi) is 5.80. The molecule has 0 aliphatic heterocycles. The first kappa shape index (κ1) is 16.3. The van der Waals surface area contributed by atoms with Crippen LogP contribution in [0.3, 0.4) is 0 Å². The molecular weight excluding hydrogens is 263 g/mol. The maximum Gasteiger partial charge on any atom is 0.140 e. The molecule has 0 aliphatic rings. The van der Waals surface area contributed by atoms with Crippen LogP contribution in [0, 0.1) is 29.1 Å². The van der Waals surface area contributed by atoms with Gasteiger partial charge in [0.1, 0.15) is 13.9 Å². The van der Waals surface area contributed by atoms with Crippen LogP contribution >= 0.6 is 0 Å². The number of allylic oxidation sites excluding steroid dienone is 2. The third kappa shape index (κ3) is 5.91. The first-order valence-corrected chi connectivity index (χ1v) is 10.3. The van der Waals surface area contributed by atoms with Crippen LogP contribution < -0.4 is 0 Å². The Morgan fingerprint density at radius 1 is 1.25 bits per heavy atom. The van der Waals surface area contributed by atoms with Gasteiger partial charge in [0.15, 0.2) is 0 Å². The zero-order valence-corrected chi connectivity index (χ0v) is 13.9. The van der Waals surface area contributed by atoms with Crippen LogP contribution in [0.4, 0.5) is 4.39 Å². The van der Waals surface area contributed by atoms with Crippen LogP contribution in [0.5, 0.6) is 0 Å². The van der Waals surface area contributed by atoms with E-state index in [-0.39, 0.29) is 5.82 Å². The van der Waals surface area contributed by atoms with Crippen molar-refractivity contribution in [3.05, 3.63) is 46.8 Å². The fourth-order valence-electron chi connectivity index (χ4n) is 1.48. The van der Waals surface area contributed by atoms with Crippen molar-refractivity contribution in [1.29, 1.82) is 0 Å². The van der Waals surface area contributed by atoms with E-state index in [1.807, 2.05) is 13.0 Å². The molecule has 1 rings (SSSR count). The summed E-state index contributed by atoms with van der Waals surface area (Å²) < 4.78 is 13.9. The zero-order valence-electron chi connectivity index (χ0n) is 12.9. The Morgan fingerprint density at radius 3 is 2.50 bits per heavy atom. The lowest BCUT2D eigenvalue weighted by Crippen LogP contribution is -2.16. The van der Waals surface area contributed by atoms with Crippen molar-refractivity contribution >= 4 is 8.07 Å². The van der Waals surface area contributed by atoms with Gasteiger partial charge in [-0.05, 0) is 37.1 Å². The Balaban J connectivity index is 2.99. The van der Waals surface area contributed by atoms with Crippen molar-refractivity contribution in [2.24, 2.45) is 0 Å². The molecule has 20 heavy (non-hydrogen) atoms. The van der Waals surface area contributed by atoms with E-state index in [1.54, 1.807) is 6.07 Å². The molecule has 0 amide bonds. The van der Waals surface area contributed by atoms with Gasteiger partial charge >= 0.3 is 0 Å². The van der Waals surface area contributed by atoms with Crippen LogP contribution in [0.15, 0.2) is 29.8 Å². The maximum atomic E-state index is 13.9. The van der Waals surface area contributed by atoms with Gasteiger partial charge in [-0.15, -0.1) is 5.54 Å². The summed E-state index contributed by atoms with van der Waals surface area (Å²) in [4.78, 5) is 0. The van der Waals surface area contributed by atoms with Gasteiger partial charge in [0.25, 0.3) is 0 Å². The number of benzene rings is 1. The smallest absolute Gasteiger partial charge is 0.140 e. The van der Waals surface area contributed by atoms with E-state index in [9.17, 15) is 4.39 Å². The van der Waals surface area contributed by atoms with E-state index in [0.717, 1.165) is 12.0 Å². The number of halogens is 1. The molecule has 1 aromatic rings. The molecule has 0 radical (unpaired) electrons. The van der Waals surface area contributed by atoms with Gasteiger partial charge in [0, 0.05) is 5.56 Å². The molecule has 0 N–H and O–H groups in total. The lowest BCUT2D eigenvalue weighted by atomic mass is 10.1. The van der Waals surface area contributed by atoms with E-state index in [4.69, 9.17) is 0 Å². The second kappa shape index (κ2) is 7.13. The Labute approximate surface area is 123 Å². The third-order valence-electron chi connectivity index (χ3n) is 2.46. The molecular formula is C18H21FSi. The van der Waals surface area contributed by atoms with Gasteiger partial charge < -0.3 is 0 Å². The topological polar surface area (TPSA) is 0 Å². The minimum Gasteiger partial charge on any atom is -0.206 e. The summed E-state index contributed by atoms with van der Waals surface area (Å²) in [5, 5.41) is 0. The Hall–Kier alpha value is -1.77. The number of rotatable bonds is 1.